The zero-order valence-corrected chi connectivity index (χ0v) is 32.0. The molecule has 2 N–H and O–H groups in total. The summed E-state index contributed by atoms with van der Waals surface area (Å²) in [5.74, 6) is 0.660. The highest BCUT2D eigenvalue weighted by Crippen LogP contribution is 2.38. The number of amides is 2. The molecule has 4 aromatic carbocycles. The Morgan fingerprint density at radius 1 is 0.627 bits per heavy atom. The third-order valence-electron chi connectivity index (χ3n) is 9.92. The number of methoxy groups -OCH3 is 2. The number of anilines is 4. The summed E-state index contributed by atoms with van der Waals surface area (Å²) in [6.07, 6.45) is 4.90. The first-order valence-corrected chi connectivity index (χ1v) is 18.1. The van der Waals surface area contributed by atoms with Gasteiger partial charge >= 0.3 is 0 Å². The molecule has 51 heavy (non-hydrogen) atoms. The van der Waals surface area contributed by atoms with Crippen LogP contribution in [-0.2, 0) is 0 Å². The number of rotatable bonds is 8. The summed E-state index contributed by atoms with van der Waals surface area (Å²) >= 11 is 6.00. The van der Waals surface area contributed by atoms with E-state index in [1.165, 1.54) is 48.2 Å². The summed E-state index contributed by atoms with van der Waals surface area (Å²) in [5.41, 5.74) is 12.2. The molecule has 2 heterocycles. The fraction of sp³-hybridized carbons (Fsp3) is 0.381. The number of carbonyl (C=O) groups excluding carboxylic acids is 2. The van der Waals surface area contributed by atoms with E-state index in [9.17, 15) is 9.59 Å². The summed E-state index contributed by atoms with van der Waals surface area (Å²) in [5, 5.41) is 6.77. The fourth-order valence-corrected chi connectivity index (χ4v) is 7.84. The van der Waals surface area contributed by atoms with E-state index >= 15 is 0 Å². The van der Waals surface area contributed by atoms with E-state index in [1.54, 1.807) is 56.7 Å². The van der Waals surface area contributed by atoms with Crippen molar-refractivity contribution in [1.82, 2.24) is 0 Å². The van der Waals surface area contributed by atoms with E-state index in [0.717, 1.165) is 59.8 Å². The van der Waals surface area contributed by atoms with E-state index in [1.807, 2.05) is 13.8 Å². The van der Waals surface area contributed by atoms with E-state index in [2.05, 4.69) is 60.3 Å². The highest BCUT2D eigenvalue weighted by atomic mass is 35.5. The van der Waals surface area contributed by atoms with Crippen LogP contribution in [0.5, 0.6) is 11.5 Å². The van der Waals surface area contributed by atoms with E-state index in [0.29, 0.717) is 27.6 Å². The number of halogens is 1. The van der Waals surface area contributed by atoms with Crippen LogP contribution in [0.4, 0.5) is 22.7 Å². The number of hydrogen-bond donors (Lipinski definition) is 2. The summed E-state index contributed by atoms with van der Waals surface area (Å²) < 4.78 is 10.7. The van der Waals surface area contributed by atoms with Crippen LogP contribution in [0.2, 0.25) is 5.02 Å². The SMILES string of the molecule is COc1cccc(C(=O)Nc2c(C)cc(C)c(N3CCCC3)c2C)c1OC.Cc1cc(C)c(N2CCCC2)c(C)c1NC(=O)c1cccc(Cl)c1. The predicted octanol–water partition coefficient (Wildman–Crippen LogP) is 9.60. The monoisotopic (exact) mass is 710 g/mol. The van der Waals surface area contributed by atoms with E-state index < -0.39 is 0 Å². The number of para-hydroxylation sites is 1. The Labute approximate surface area is 308 Å². The van der Waals surface area contributed by atoms with Crippen LogP contribution in [0.1, 0.15) is 79.8 Å². The highest BCUT2D eigenvalue weighted by molar-refractivity contribution is 6.31. The first kappa shape index (κ1) is 37.6. The largest absolute Gasteiger partial charge is 0.493 e. The lowest BCUT2D eigenvalue weighted by atomic mass is 10.0. The van der Waals surface area contributed by atoms with Crippen molar-refractivity contribution in [2.45, 2.75) is 67.2 Å². The number of benzene rings is 4. The third-order valence-corrected chi connectivity index (χ3v) is 10.2. The van der Waals surface area contributed by atoms with Crippen molar-refractivity contribution in [1.29, 1.82) is 0 Å². The van der Waals surface area contributed by atoms with Gasteiger partial charge in [-0.2, -0.15) is 0 Å². The second-order valence-electron chi connectivity index (χ2n) is 13.6. The second-order valence-corrected chi connectivity index (χ2v) is 14.0. The summed E-state index contributed by atoms with van der Waals surface area (Å²) in [6.45, 7) is 16.9. The molecule has 2 fully saturated rings. The van der Waals surface area contributed by atoms with E-state index in [-0.39, 0.29) is 11.8 Å². The van der Waals surface area contributed by atoms with Crippen LogP contribution in [0.15, 0.2) is 54.6 Å². The minimum absolute atomic E-state index is 0.125. The molecule has 2 amide bonds. The predicted molar refractivity (Wildman–Crippen MR) is 211 cm³/mol. The zero-order valence-electron chi connectivity index (χ0n) is 31.3. The Balaban J connectivity index is 0.000000199. The first-order valence-electron chi connectivity index (χ1n) is 17.8. The van der Waals surface area contributed by atoms with Gasteiger partial charge in [-0.15, -0.1) is 0 Å². The van der Waals surface area contributed by atoms with Crippen LogP contribution in [-0.4, -0.2) is 52.2 Å². The Morgan fingerprint density at radius 3 is 1.59 bits per heavy atom. The normalized spacial score (nSPS) is 13.8. The van der Waals surface area contributed by atoms with Crippen molar-refractivity contribution in [3.8, 4) is 11.5 Å². The molecular weight excluding hydrogens is 660 g/mol. The second kappa shape index (κ2) is 16.6. The molecule has 4 aromatic rings. The molecule has 2 aliphatic heterocycles. The molecule has 2 aliphatic rings. The minimum Gasteiger partial charge on any atom is -0.493 e. The first-order chi connectivity index (χ1) is 24.4. The molecule has 0 unspecified atom stereocenters. The van der Waals surface area contributed by atoms with Gasteiger partial charge in [-0.3, -0.25) is 9.59 Å². The maximum absolute atomic E-state index is 13.0. The standard InChI is InChI=1S/C22H28N2O3.C20H23ClN2O/c1-14-13-15(2)20(24-11-6-7-12-24)16(3)19(14)23-22(25)17-9-8-10-18(26-4)21(17)27-5;1-13-11-14(2)19(23-9-4-5-10-23)15(3)18(13)22-20(24)16-7-6-8-17(21)12-16/h8-10,13H,6-7,11-12H2,1-5H3,(H,23,25);6-8,11-12H,4-5,9-10H2,1-3H3,(H,22,24). The molecule has 0 atom stereocenters. The minimum atomic E-state index is -0.201. The lowest BCUT2D eigenvalue weighted by molar-refractivity contribution is 0.101. The van der Waals surface area contributed by atoms with Crippen molar-refractivity contribution in [3.63, 3.8) is 0 Å². The zero-order chi connectivity index (χ0) is 36.8. The lowest BCUT2D eigenvalue weighted by Gasteiger charge is -2.26. The maximum Gasteiger partial charge on any atom is 0.259 e. The Bertz CT molecular complexity index is 1910. The van der Waals surface area contributed by atoms with Crippen molar-refractivity contribution in [2.24, 2.45) is 0 Å². The number of nitrogens with zero attached hydrogens (tertiary/aromatic N) is 2. The molecule has 9 heteroatoms. The lowest BCUT2D eigenvalue weighted by Crippen LogP contribution is -2.22. The molecule has 0 bridgehead atoms. The van der Waals surface area contributed by atoms with Gasteiger partial charge in [0.15, 0.2) is 11.5 Å². The number of ether oxygens (including phenoxy) is 2. The number of carbonyl (C=O) groups is 2. The van der Waals surface area contributed by atoms with Crippen LogP contribution >= 0.6 is 11.6 Å². The average molecular weight is 711 g/mol. The van der Waals surface area contributed by atoms with Crippen LogP contribution in [0.25, 0.3) is 0 Å². The molecule has 0 saturated carbocycles. The topological polar surface area (TPSA) is 83.1 Å². The van der Waals surface area contributed by atoms with Gasteiger partial charge in [-0.05, 0) is 131 Å². The van der Waals surface area contributed by atoms with Crippen molar-refractivity contribution in [3.05, 3.63) is 104 Å². The number of aryl methyl sites for hydroxylation is 4. The quantitative estimate of drug-likeness (QED) is 0.190. The van der Waals surface area contributed by atoms with Gasteiger partial charge in [0.25, 0.3) is 11.8 Å². The van der Waals surface area contributed by atoms with E-state index in [4.69, 9.17) is 21.1 Å². The molecule has 8 nitrogen and oxygen atoms in total. The van der Waals surface area contributed by atoms with Gasteiger partial charge < -0.3 is 29.9 Å². The van der Waals surface area contributed by atoms with Gasteiger partial charge in [0, 0.05) is 59.5 Å². The molecule has 2 saturated heterocycles. The van der Waals surface area contributed by atoms with Crippen LogP contribution in [0.3, 0.4) is 0 Å². The van der Waals surface area contributed by atoms with Crippen LogP contribution in [0, 0.1) is 41.5 Å². The highest BCUT2D eigenvalue weighted by Gasteiger charge is 2.23. The van der Waals surface area contributed by atoms with Gasteiger partial charge in [-0.25, -0.2) is 0 Å². The smallest absolute Gasteiger partial charge is 0.259 e. The number of hydrogen-bond acceptors (Lipinski definition) is 6. The van der Waals surface area contributed by atoms with Crippen molar-refractivity contribution >= 4 is 46.2 Å². The fourth-order valence-electron chi connectivity index (χ4n) is 7.65. The molecule has 6 rings (SSSR count). The van der Waals surface area contributed by atoms with Gasteiger partial charge in [-0.1, -0.05) is 35.9 Å². The van der Waals surface area contributed by atoms with Crippen molar-refractivity contribution in [2.75, 3.05) is 60.8 Å². The summed E-state index contributed by atoms with van der Waals surface area (Å²) in [7, 11) is 3.11. The molecule has 270 valence electrons. The Hall–Kier alpha value is -4.69. The summed E-state index contributed by atoms with van der Waals surface area (Å²) in [6, 6.07) is 16.7. The average Bonchev–Trinajstić information content (AvgIpc) is 3.84. The molecule has 0 aliphatic carbocycles. The van der Waals surface area contributed by atoms with Gasteiger partial charge in [0.2, 0.25) is 0 Å². The maximum atomic E-state index is 13.0. The molecular formula is C42H51ClN4O4. The molecule has 0 spiro atoms. The van der Waals surface area contributed by atoms with Crippen molar-refractivity contribution < 1.29 is 19.1 Å². The Morgan fingerprint density at radius 2 is 1.12 bits per heavy atom. The molecule has 0 radical (unpaired) electrons. The summed E-state index contributed by atoms with van der Waals surface area (Å²) in [4.78, 5) is 30.5. The third kappa shape index (κ3) is 8.28. The van der Waals surface area contributed by atoms with Crippen LogP contribution < -0.4 is 29.9 Å². The van der Waals surface area contributed by atoms with Gasteiger partial charge in [0.1, 0.15) is 0 Å². The van der Waals surface area contributed by atoms with Gasteiger partial charge in [0.05, 0.1) is 19.8 Å². The number of nitrogens with one attached hydrogen (secondary N) is 2. The molecule has 0 aromatic heterocycles. The Kier molecular flexibility index (Phi) is 12.2.